The van der Waals surface area contributed by atoms with E-state index in [2.05, 4.69) is 10.4 Å². The minimum Gasteiger partial charge on any atom is -0.478 e. The zero-order valence-corrected chi connectivity index (χ0v) is 10.3. The Hall–Kier alpha value is -2.30. The molecule has 0 atom stereocenters. The third kappa shape index (κ3) is 2.51. The largest absolute Gasteiger partial charge is 0.478 e. The fraction of sp³-hybridized carbons (Fsp3) is 0.231. The number of aryl methyl sites for hydroxylation is 2. The molecule has 2 N–H and O–H groups in total. The van der Waals surface area contributed by atoms with Gasteiger partial charge in [-0.05, 0) is 24.6 Å². The van der Waals surface area contributed by atoms with E-state index in [9.17, 15) is 4.79 Å². The van der Waals surface area contributed by atoms with Crippen molar-refractivity contribution in [1.29, 1.82) is 0 Å². The van der Waals surface area contributed by atoms with Crippen molar-refractivity contribution in [2.75, 3.05) is 5.32 Å². The number of nitrogens with zero attached hydrogens (tertiary/aromatic N) is 2. The average Bonchev–Trinajstić information content (AvgIpc) is 2.69. The third-order valence-electron chi connectivity index (χ3n) is 2.63. The number of carboxylic acids is 1. The van der Waals surface area contributed by atoms with Crippen molar-refractivity contribution in [1.82, 2.24) is 9.78 Å². The summed E-state index contributed by atoms with van der Waals surface area (Å²) in [5.41, 5.74) is 2.88. The van der Waals surface area contributed by atoms with Gasteiger partial charge in [-0.3, -0.25) is 4.68 Å². The number of aromatic carboxylic acids is 1. The second kappa shape index (κ2) is 4.91. The van der Waals surface area contributed by atoms with E-state index in [1.54, 1.807) is 22.9 Å². The van der Waals surface area contributed by atoms with Crippen LogP contribution in [0.25, 0.3) is 0 Å². The second-order valence-electron chi connectivity index (χ2n) is 4.03. The Bertz CT molecular complexity index is 575. The number of hydrogen-bond acceptors (Lipinski definition) is 3. The monoisotopic (exact) mass is 245 g/mol. The van der Waals surface area contributed by atoms with Gasteiger partial charge in [0.2, 0.25) is 0 Å². The molecule has 5 nitrogen and oxygen atoms in total. The van der Waals surface area contributed by atoms with Crippen LogP contribution in [0.3, 0.4) is 0 Å². The van der Waals surface area contributed by atoms with E-state index >= 15 is 0 Å². The number of carbonyl (C=O) groups is 1. The molecule has 0 radical (unpaired) electrons. The van der Waals surface area contributed by atoms with Crippen molar-refractivity contribution in [3.8, 4) is 0 Å². The zero-order chi connectivity index (χ0) is 13.1. The van der Waals surface area contributed by atoms with Crippen LogP contribution in [0.15, 0.2) is 30.5 Å². The molecule has 0 aliphatic heterocycles. The summed E-state index contributed by atoms with van der Waals surface area (Å²) in [5, 5.41) is 16.4. The van der Waals surface area contributed by atoms with E-state index in [0.717, 1.165) is 23.5 Å². The maximum Gasteiger partial charge on any atom is 0.335 e. The van der Waals surface area contributed by atoms with Crippen molar-refractivity contribution >= 4 is 17.3 Å². The van der Waals surface area contributed by atoms with Crippen LogP contribution in [0.2, 0.25) is 0 Å². The van der Waals surface area contributed by atoms with Crippen molar-refractivity contribution in [3.63, 3.8) is 0 Å². The number of benzene rings is 1. The zero-order valence-electron chi connectivity index (χ0n) is 10.3. The number of rotatable bonds is 4. The molecule has 1 aromatic carbocycles. The molecule has 1 heterocycles. The van der Waals surface area contributed by atoms with Crippen LogP contribution < -0.4 is 5.32 Å². The van der Waals surface area contributed by atoms with Gasteiger partial charge in [0, 0.05) is 18.9 Å². The fourth-order valence-electron chi connectivity index (χ4n) is 1.79. The van der Waals surface area contributed by atoms with Gasteiger partial charge in [0.05, 0.1) is 16.9 Å². The molecule has 18 heavy (non-hydrogen) atoms. The Balaban J connectivity index is 2.28. The predicted molar refractivity (Wildman–Crippen MR) is 69.3 cm³/mol. The molecule has 0 bridgehead atoms. The summed E-state index contributed by atoms with van der Waals surface area (Å²) in [6, 6.07) is 6.72. The molecule has 0 unspecified atom stereocenters. The molecule has 0 aliphatic carbocycles. The van der Waals surface area contributed by atoms with Crippen LogP contribution in [0.1, 0.15) is 23.0 Å². The van der Waals surface area contributed by atoms with Crippen LogP contribution in [0.4, 0.5) is 11.4 Å². The van der Waals surface area contributed by atoms with Crippen LogP contribution in [0.5, 0.6) is 0 Å². The molecule has 2 aromatic rings. The molecule has 0 amide bonds. The Labute approximate surface area is 105 Å². The minimum absolute atomic E-state index is 0.266. The van der Waals surface area contributed by atoms with Crippen LogP contribution in [-0.4, -0.2) is 20.9 Å². The molecule has 0 fully saturated rings. The van der Waals surface area contributed by atoms with E-state index in [-0.39, 0.29) is 5.56 Å². The van der Waals surface area contributed by atoms with E-state index in [0.29, 0.717) is 0 Å². The molecule has 2 rings (SSSR count). The van der Waals surface area contributed by atoms with Gasteiger partial charge in [-0.25, -0.2) is 4.79 Å². The lowest BCUT2D eigenvalue weighted by Gasteiger charge is -2.06. The summed E-state index contributed by atoms with van der Waals surface area (Å²) in [6.07, 6.45) is 2.70. The Kier molecular flexibility index (Phi) is 3.32. The minimum atomic E-state index is -0.930. The summed E-state index contributed by atoms with van der Waals surface area (Å²) in [7, 11) is 1.86. The summed E-state index contributed by atoms with van der Waals surface area (Å²) in [5.74, 6) is -0.930. The smallest absolute Gasteiger partial charge is 0.335 e. The number of aromatic nitrogens is 2. The molecular formula is C13H15N3O2. The van der Waals surface area contributed by atoms with Gasteiger partial charge in [0.15, 0.2) is 0 Å². The summed E-state index contributed by atoms with van der Waals surface area (Å²) in [4.78, 5) is 10.9. The topological polar surface area (TPSA) is 67.2 Å². The first-order valence-electron chi connectivity index (χ1n) is 5.73. The first-order chi connectivity index (χ1) is 8.60. The maximum atomic E-state index is 10.9. The van der Waals surface area contributed by atoms with Crippen molar-refractivity contribution in [2.45, 2.75) is 13.3 Å². The van der Waals surface area contributed by atoms with Crippen molar-refractivity contribution in [2.24, 2.45) is 7.05 Å². The van der Waals surface area contributed by atoms with Crippen molar-refractivity contribution in [3.05, 3.63) is 41.7 Å². The fourth-order valence-corrected chi connectivity index (χ4v) is 1.79. The van der Waals surface area contributed by atoms with Crippen molar-refractivity contribution < 1.29 is 9.90 Å². The van der Waals surface area contributed by atoms with Crippen LogP contribution in [-0.2, 0) is 13.5 Å². The summed E-state index contributed by atoms with van der Waals surface area (Å²) < 4.78 is 1.74. The lowest BCUT2D eigenvalue weighted by molar-refractivity contribution is 0.0697. The number of carboxylic acid groups (broad SMARTS) is 1. The highest BCUT2D eigenvalue weighted by Crippen LogP contribution is 2.21. The molecule has 0 aliphatic rings. The number of hydrogen-bond donors (Lipinski definition) is 2. The van der Waals surface area contributed by atoms with Gasteiger partial charge in [0.1, 0.15) is 0 Å². The Morgan fingerprint density at radius 1 is 1.50 bits per heavy atom. The number of anilines is 2. The lowest BCUT2D eigenvalue weighted by Crippen LogP contribution is -1.98. The van der Waals surface area contributed by atoms with Gasteiger partial charge < -0.3 is 10.4 Å². The highest BCUT2D eigenvalue weighted by molar-refractivity contribution is 5.89. The molecule has 0 saturated carbocycles. The second-order valence-corrected chi connectivity index (χ2v) is 4.03. The normalized spacial score (nSPS) is 10.3. The molecule has 0 spiro atoms. The van der Waals surface area contributed by atoms with Crippen LogP contribution in [0, 0.1) is 0 Å². The van der Waals surface area contributed by atoms with Gasteiger partial charge in [-0.1, -0.05) is 13.0 Å². The summed E-state index contributed by atoms with van der Waals surface area (Å²) >= 11 is 0. The first-order valence-corrected chi connectivity index (χ1v) is 5.73. The van der Waals surface area contributed by atoms with Gasteiger partial charge in [-0.2, -0.15) is 5.10 Å². The van der Waals surface area contributed by atoms with E-state index in [1.165, 1.54) is 0 Å². The predicted octanol–water partition coefficient (Wildman–Crippen LogP) is 2.42. The summed E-state index contributed by atoms with van der Waals surface area (Å²) in [6.45, 7) is 2.03. The van der Waals surface area contributed by atoms with E-state index in [4.69, 9.17) is 5.11 Å². The quantitative estimate of drug-likeness (QED) is 0.868. The van der Waals surface area contributed by atoms with Crippen LogP contribution >= 0.6 is 0 Å². The Morgan fingerprint density at radius 2 is 2.28 bits per heavy atom. The highest BCUT2D eigenvalue weighted by Gasteiger charge is 2.07. The van der Waals surface area contributed by atoms with E-state index in [1.807, 2.05) is 26.2 Å². The Morgan fingerprint density at radius 3 is 2.94 bits per heavy atom. The molecule has 5 heteroatoms. The lowest BCUT2D eigenvalue weighted by atomic mass is 10.2. The molecule has 1 aromatic heterocycles. The average molecular weight is 245 g/mol. The van der Waals surface area contributed by atoms with Gasteiger partial charge in [-0.15, -0.1) is 0 Å². The third-order valence-corrected chi connectivity index (χ3v) is 2.63. The number of nitrogens with one attached hydrogen (secondary N) is 1. The van der Waals surface area contributed by atoms with Gasteiger partial charge in [0.25, 0.3) is 0 Å². The molecule has 0 saturated heterocycles. The SMILES string of the molecule is CCc1nn(C)cc1Nc1cccc(C(=O)O)c1. The molecular weight excluding hydrogens is 230 g/mol. The van der Waals surface area contributed by atoms with Gasteiger partial charge >= 0.3 is 5.97 Å². The highest BCUT2D eigenvalue weighted by atomic mass is 16.4. The van der Waals surface area contributed by atoms with E-state index < -0.39 is 5.97 Å². The molecule has 94 valence electrons. The maximum absolute atomic E-state index is 10.9. The standard InChI is InChI=1S/C13H15N3O2/c1-3-11-12(8-16(2)15-11)14-10-6-4-5-9(7-10)13(17)18/h4-8,14H,3H2,1-2H3,(H,17,18). The first kappa shape index (κ1) is 12.2.